The maximum absolute atomic E-state index is 14.1. The number of carbonyl (C=O) groups is 1. The van der Waals surface area contributed by atoms with Crippen molar-refractivity contribution in [3.8, 4) is 0 Å². The van der Waals surface area contributed by atoms with E-state index in [2.05, 4.69) is 10.0 Å². The molecule has 0 unspecified atom stereocenters. The molecule has 0 saturated carbocycles. The standard InChI is InChI=1S/C25H24ClF2N3O5S2/c26-23-2-1-3-24(28)22(23)16-37(33,34)31-14-12-17(13-15-31)25(32)29-19-8-10-21(11-9-19)38(35,36)30-20-6-4-18(27)5-7-20/h1-11,17,30H,12-16H2,(H,29,32). The first kappa shape index (κ1) is 28.0. The van der Waals surface area contributed by atoms with Gasteiger partial charge >= 0.3 is 0 Å². The average molecular weight is 584 g/mol. The summed E-state index contributed by atoms with van der Waals surface area (Å²) < 4.78 is 81.4. The highest BCUT2D eigenvalue weighted by Gasteiger charge is 2.32. The fraction of sp³-hybridized carbons (Fsp3) is 0.240. The number of carbonyl (C=O) groups excluding carboxylic acids is 1. The van der Waals surface area contributed by atoms with E-state index in [4.69, 9.17) is 11.6 Å². The second kappa shape index (κ2) is 11.4. The Morgan fingerprint density at radius 3 is 2.11 bits per heavy atom. The third-order valence-electron chi connectivity index (χ3n) is 6.14. The van der Waals surface area contributed by atoms with Gasteiger partial charge in [-0.15, -0.1) is 0 Å². The van der Waals surface area contributed by atoms with Crippen molar-refractivity contribution in [2.75, 3.05) is 23.1 Å². The highest BCUT2D eigenvalue weighted by Crippen LogP contribution is 2.27. The van der Waals surface area contributed by atoms with Crippen LogP contribution in [0, 0.1) is 17.6 Å². The van der Waals surface area contributed by atoms with Gasteiger partial charge in [-0.3, -0.25) is 9.52 Å². The van der Waals surface area contributed by atoms with E-state index in [9.17, 15) is 30.4 Å². The maximum Gasteiger partial charge on any atom is 0.261 e. The van der Waals surface area contributed by atoms with Crippen LogP contribution in [-0.4, -0.2) is 40.1 Å². The molecular weight excluding hydrogens is 560 g/mol. The molecule has 202 valence electrons. The SMILES string of the molecule is O=C(Nc1ccc(S(=O)(=O)Nc2ccc(F)cc2)cc1)C1CCN(S(=O)(=O)Cc2c(F)cccc2Cl)CC1. The molecule has 8 nitrogen and oxygen atoms in total. The number of benzene rings is 3. The second-order valence-corrected chi connectivity index (χ2v) is 12.8. The van der Waals surface area contributed by atoms with Gasteiger partial charge in [0.1, 0.15) is 11.6 Å². The Bertz CT molecular complexity index is 1510. The third-order valence-corrected chi connectivity index (χ3v) is 9.69. The lowest BCUT2D eigenvalue weighted by Crippen LogP contribution is -2.42. The van der Waals surface area contributed by atoms with E-state index in [1.54, 1.807) is 0 Å². The van der Waals surface area contributed by atoms with Crippen molar-refractivity contribution in [1.29, 1.82) is 0 Å². The Balaban J connectivity index is 1.32. The monoisotopic (exact) mass is 583 g/mol. The molecule has 1 aliphatic rings. The van der Waals surface area contributed by atoms with Crippen LogP contribution in [-0.2, 0) is 30.6 Å². The predicted octanol–water partition coefficient (Wildman–Crippen LogP) is 4.60. The minimum Gasteiger partial charge on any atom is -0.326 e. The number of nitrogens with zero attached hydrogens (tertiary/aromatic N) is 1. The van der Waals surface area contributed by atoms with Crippen LogP contribution in [0.5, 0.6) is 0 Å². The van der Waals surface area contributed by atoms with Crippen LogP contribution in [0.15, 0.2) is 71.6 Å². The number of nitrogens with one attached hydrogen (secondary N) is 2. The molecule has 1 saturated heterocycles. The first-order valence-corrected chi connectivity index (χ1v) is 15.0. The number of hydrogen-bond donors (Lipinski definition) is 2. The lowest BCUT2D eigenvalue weighted by Gasteiger charge is -2.30. The average Bonchev–Trinajstić information content (AvgIpc) is 2.88. The van der Waals surface area contributed by atoms with Gasteiger partial charge in [-0.1, -0.05) is 17.7 Å². The summed E-state index contributed by atoms with van der Waals surface area (Å²) in [4.78, 5) is 12.7. The van der Waals surface area contributed by atoms with Crippen LogP contribution < -0.4 is 10.0 Å². The zero-order valence-corrected chi connectivity index (χ0v) is 22.3. The van der Waals surface area contributed by atoms with Crippen LogP contribution in [0.1, 0.15) is 18.4 Å². The van der Waals surface area contributed by atoms with E-state index in [1.165, 1.54) is 52.8 Å². The molecule has 0 spiro atoms. The summed E-state index contributed by atoms with van der Waals surface area (Å²) in [5.74, 6) is -2.53. The van der Waals surface area contributed by atoms with Crippen molar-refractivity contribution >= 4 is 48.9 Å². The first-order valence-electron chi connectivity index (χ1n) is 11.5. The van der Waals surface area contributed by atoms with Crippen LogP contribution in [0.2, 0.25) is 5.02 Å². The van der Waals surface area contributed by atoms with Gasteiger partial charge in [0.2, 0.25) is 15.9 Å². The summed E-state index contributed by atoms with van der Waals surface area (Å²) >= 11 is 5.97. The van der Waals surface area contributed by atoms with Gasteiger partial charge in [-0.2, -0.15) is 0 Å². The highest BCUT2D eigenvalue weighted by molar-refractivity contribution is 7.92. The largest absolute Gasteiger partial charge is 0.326 e. The predicted molar refractivity (Wildman–Crippen MR) is 141 cm³/mol. The molecule has 2 N–H and O–H groups in total. The van der Waals surface area contributed by atoms with Crippen LogP contribution in [0.3, 0.4) is 0 Å². The Kier molecular flexibility index (Phi) is 8.36. The van der Waals surface area contributed by atoms with Gasteiger partial charge in [0, 0.05) is 41.0 Å². The summed E-state index contributed by atoms with van der Waals surface area (Å²) in [6.45, 7) is 0.192. The number of hydrogen-bond acceptors (Lipinski definition) is 5. The number of halogens is 3. The molecule has 4 rings (SSSR count). The van der Waals surface area contributed by atoms with E-state index in [-0.39, 0.29) is 53.0 Å². The minimum atomic E-state index is -3.92. The molecule has 1 fully saturated rings. The normalized spacial score (nSPS) is 15.2. The van der Waals surface area contributed by atoms with Crippen molar-refractivity contribution < 1.29 is 30.4 Å². The molecule has 1 heterocycles. The van der Waals surface area contributed by atoms with Crippen LogP contribution in [0.4, 0.5) is 20.2 Å². The summed E-state index contributed by atoms with van der Waals surface area (Å²) in [5.41, 5.74) is 0.487. The molecule has 1 aliphatic heterocycles. The summed E-state index contributed by atoms with van der Waals surface area (Å²) in [6.07, 6.45) is 0.536. The lowest BCUT2D eigenvalue weighted by molar-refractivity contribution is -0.120. The molecule has 1 amide bonds. The number of sulfonamides is 2. The summed E-state index contributed by atoms with van der Waals surface area (Å²) in [7, 11) is -7.76. The molecule has 13 heteroatoms. The Labute approximate surface area is 224 Å². The van der Waals surface area contributed by atoms with Gasteiger partial charge in [-0.05, 0) is 73.5 Å². The van der Waals surface area contributed by atoms with Crippen molar-refractivity contribution in [2.45, 2.75) is 23.5 Å². The molecular formula is C25H24ClF2N3O5S2. The van der Waals surface area contributed by atoms with Gasteiger partial charge in [0.25, 0.3) is 10.0 Å². The fourth-order valence-electron chi connectivity index (χ4n) is 4.03. The van der Waals surface area contributed by atoms with Gasteiger partial charge < -0.3 is 5.32 Å². The Morgan fingerprint density at radius 1 is 0.895 bits per heavy atom. The topological polar surface area (TPSA) is 113 Å². The highest BCUT2D eigenvalue weighted by atomic mass is 35.5. The number of anilines is 2. The van der Waals surface area contributed by atoms with Crippen molar-refractivity contribution in [3.63, 3.8) is 0 Å². The van der Waals surface area contributed by atoms with Gasteiger partial charge in [0.05, 0.1) is 10.6 Å². The molecule has 0 radical (unpaired) electrons. The molecule has 38 heavy (non-hydrogen) atoms. The molecule has 0 aliphatic carbocycles. The smallest absolute Gasteiger partial charge is 0.261 e. The summed E-state index contributed by atoms with van der Waals surface area (Å²) in [5, 5.41) is 2.76. The van der Waals surface area contributed by atoms with E-state index in [0.29, 0.717) is 5.69 Å². The molecule has 3 aromatic rings. The zero-order chi connectivity index (χ0) is 27.5. The van der Waals surface area contributed by atoms with Crippen molar-refractivity contribution in [1.82, 2.24) is 4.31 Å². The first-order chi connectivity index (χ1) is 17.9. The molecule has 0 atom stereocenters. The van der Waals surface area contributed by atoms with E-state index < -0.39 is 43.4 Å². The van der Waals surface area contributed by atoms with E-state index in [1.807, 2.05) is 0 Å². The van der Waals surface area contributed by atoms with Crippen molar-refractivity contribution in [3.05, 3.63) is 89.0 Å². The molecule has 0 bridgehead atoms. The van der Waals surface area contributed by atoms with Gasteiger partial charge in [0.15, 0.2) is 0 Å². The van der Waals surface area contributed by atoms with Gasteiger partial charge in [-0.25, -0.2) is 29.9 Å². The Morgan fingerprint density at radius 2 is 1.50 bits per heavy atom. The minimum absolute atomic E-state index is 0.0351. The van der Waals surface area contributed by atoms with Crippen LogP contribution in [0.25, 0.3) is 0 Å². The Hall–Kier alpha value is -3.06. The van der Waals surface area contributed by atoms with Crippen LogP contribution >= 0.6 is 11.6 Å². The summed E-state index contributed by atoms with van der Waals surface area (Å²) in [6, 6.07) is 14.4. The molecule has 0 aromatic heterocycles. The number of piperidine rings is 1. The zero-order valence-electron chi connectivity index (χ0n) is 19.9. The number of amides is 1. The quantitative estimate of drug-likeness (QED) is 0.402. The van der Waals surface area contributed by atoms with E-state index in [0.717, 1.165) is 18.2 Å². The lowest BCUT2D eigenvalue weighted by atomic mass is 9.97. The van der Waals surface area contributed by atoms with Crippen molar-refractivity contribution in [2.24, 2.45) is 5.92 Å². The fourth-order valence-corrected chi connectivity index (χ4v) is 7.01. The maximum atomic E-state index is 14.1. The number of rotatable bonds is 8. The third kappa shape index (κ3) is 6.68. The van der Waals surface area contributed by atoms with E-state index >= 15 is 0 Å². The molecule has 3 aromatic carbocycles. The second-order valence-electron chi connectivity index (χ2n) is 8.76.